The van der Waals surface area contributed by atoms with E-state index in [4.69, 9.17) is 4.42 Å². The van der Waals surface area contributed by atoms with Crippen molar-refractivity contribution < 1.29 is 4.42 Å². The lowest BCUT2D eigenvalue weighted by atomic mass is 10.1. The Hall–Kier alpha value is -1.03. The Morgan fingerprint density at radius 2 is 2.25 bits per heavy atom. The number of hydrogen-bond donors (Lipinski definition) is 1. The van der Waals surface area contributed by atoms with Crippen molar-refractivity contribution >= 4 is 6.01 Å². The van der Waals surface area contributed by atoms with Gasteiger partial charge < -0.3 is 14.6 Å². The maximum absolute atomic E-state index is 5.72. The summed E-state index contributed by atoms with van der Waals surface area (Å²) in [7, 11) is 0. The van der Waals surface area contributed by atoms with E-state index in [1.807, 2.05) is 0 Å². The number of oxazole rings is 1. The van der Waals surface area contributed by atoms with Crippen LogP contribution in [0.3, 0.4) is 0 Å². The Bertz CT molecular complexity index is 389. The molecule has 2 heterocycles. The van der Waals surface area contributed by atoms with Gasteiger partial charge in [0, 0.05) is 19.1 Å². The van der Waals surface area contributed by atoms with E-state index in [0.717, 1.165) is 31.3 Å². The molecule has 2 rings (SSSR count). The summed E-state index contributed by atoms with van der Waals surface area (Å²) in [5.41, 5.74) is 1.01. The molecule has 0 amide bonds. The molecule has 0 aromatic carbocycles. The summed E-state index contributed by atoms with van der Waals surface area (Å²) in [5.74, 6) is 0.663. The molecule has 1 aromatic heterocycles. The van der Waals surface area contributed by atoms with Crippen molar-refractivity contribution in [2.45, 2.75) is 65.5 Å². The Labute approximate surface area is 122 Å². The highest BCUT2D eigenvalue weighted by atomic mass is 16.4. The monoisotopic (exact) mass is 279 g/mol. The zero-order valence-electron chi connectivity index (χ0n) is 13.2. The van der Waals surface area contributed by atoms with Crippen LogP contribution in [0.1, 0.15) is 58.6 Å². The fraction of sp³-hybridized carbons (Fsp3) is 0.812. The van der Waals surface area contributed by atoms with Crippen LogP contribution in [0, 0.1) is 5.92 Å². The van der Waals surface area contributed by atoms with E-state index >= 15 is 0 Å². The van der Waals surface area contributed by atoms with Crippen molar-refractivity contribution in [3.05, 3.63) is 12.0 Å². The number of hydrogen-bond acceptors (Lipinski definition) is 4. The number of anilines is 1. The van der Waals surface area contributed by atoms with Crippen molar-refractivity contribution in [2.24, 2.45) is 5.92 Å². The molecule has 1 N–H and O–H groups in total. The van der Waals surface area contributed by atoms with Gasteiger partial charge in [0.25, 0.3) is 6.01 Å². The minimum absolute atomic E-state index is 0.590. The predicted octanol–water partition coefficient (Wildman–Crippen LogP) is 3.58. The van der Waals surface area contributed by atoms with Gasteiger partial charge in [-0.2, -0.15) is 4.98 Å². The standard InChI is InChI=1S/C16H29N3O/c1-4-15-8-6-5-7-9-19(15)16-18-14(12-20-16)11-17-10-13(2)3/h12-13,15,17H,4-11H2,1-3H3. The van der Waals surface area contributed by atoms with Gasteiger partial charge in [-0.15, -0.1) is 0 Å². The molecule has 20 heavy (non-hydrogen) atoms. The molecule has 1 aliphatic heterocycles. The van der Waals surface area contributed by atoms with Gasteiger partial charge in [-0.1, -0.05) is 33.6 Å². The predicted molar refractivity (Wildman–Crippen MR) is 82.9 cm³/mol. The molecule has 1 unspecified atom stereocenters. The van der Waals surface area contributed by atoms with Gasteiger partial charge in [0.1, 0.15) is 6.26 Å². The molecule has 0 spiro atoms. The van der Waals surface area contributed by atoms with Crippen LogP contribution in [0.2, 0.25) is 0 Å². The van der Waals surface area contributed by atoms with E-state index in [9.17, 15) is 0 Å². The smallest absolute Gasteiger partial charge is 0.297 e. The third-order valence-electron chi connectivity index (χ3n) is 3.99. The van der Waals surface area contributed by atoms with Crippen LogP contribution in [0.25, 0.3) is 0 Å². The van der Waals surface area contributed by atoms with E-state index < -0.39 is 0 Å². The maximum atomic E-state index is 5.72. The molecule has 4 heteroatoms. The molecule has 0 saturated carbocycles. The van der Waals surface area contributed by atoms with Crippen LogP contribution in [0.5, 0.6) is 0 Å². The second-order valence-electron chi connectivity index (χ2n) is 6.25. The van der Waals surface area contributed by atoms with E-state index in [2.05, 4.69) is 36.0 Å². The largest absolute Gasteiger partial charge is 0.432 e. The van der Waals surface area contributed by atoms with Crippen molar-refractivity contribution in [3.8, 4) is 0 Å². The van der Waals surface area contributed by atoms with Crippen molar-refractivity contribution in [2.75, 3.05) is 18.0 Å². The van der Waals surface area contributed by atoms with Gasteiger partial charge >= 0.3 is 0 Å². The van der Waals surface area contributed by atoms with Crippen LogP contribution in [0.4, 0.5) is 6.01 Å². The summed E-state index contributed by atoms with van der Waals surface area (Å²) in [5, 5.41) is 3.41. The first-order chi connectivity index (χ1) is 9.70. The molecule has 1 aliphatic rings. The normalized spacial score (nSPS) is 20.4. The summed E-state index contributed by atoms with van der Waals surface area (Å²) in [6, 6.07) is 1.41. The van der Waals surface area contributed by atoms with Crippen LogP contribution >= 0.6 is 0 Å². The average Bonchev–Trinajstić information content (AvgIpc) is 2.75. The first-order valence-corrected chi connectivity index (χ1v) is 8.12. The quantitative estimate of drug-likeness (QED) is 0.864. The van der Waals surface area contributed by atoms with Crippen molar-refractivity contribution in [1.29, 1.82) is 0 Å². The van der Waals surface area contributed by atoms with Crippen LogP contribution in [-0.2, 0) is 6.54 Å². The highest BCUT2D eigenvalue weighted by Gasteiger charge is 2.23. The third-order valence-corrected chi connectivity index (χ3v) is 3.99. The Kier molecular flexibility index (Phi) is 5.89. The van der Waals surface area contributed by atoms with Gasteiger partial charge in [-0.25, -0.2) is 0 Å². The van der Waals surface area contributed by atoms with Gasteiger partial charge in [0.2, 0.25) is 0 Å². The summed E-state index contributed by atoms with van der Waals surface area (Å²) in [6.07, 6.45) is 8.15. The molecular weight excluding hydrogens is 250 g/mol. The second-order valence-corrected chi connectivity index (χ2v) is 6.25. The molecule has 4 nitrogen and oxygen atoms in total. The van der Waals surface area contributed by atoms with Gasteiger partial charge in [0.05, 0.1) is 5.69 Å². The minimum Gasteiger partial charge on any atom is -0.432 e. The summed E-state index contributed by atoms with van der Waals surface area (Å²) < 4.78 is 5.72. The highest BCUT2D eigenvalue weighted by molar-refractivity contribution is 5.29. The molecule has 1 aromatic rings. The van der Waals surface area contributed by atoms with E-state index in [-0.39, 0.29) is 0 Å². The molecule has 0 radical (unpaired) electrons. The van der Waals surface area contributed by atoms with Gasteiger partial charge in [-0.05, 0) is 31.7 Å². The Balaban J connectivity index is 1.95. The molecule has 1 fully saturated rings. The first-order valence-electron chi connectivity index (χ1n) is 8.12. The van der Waals surface area contributed by atoms with Crippen molar-refractivity contribution in [1.82, 2.24) is 10.3 Å². The molecule has 114 valence electrons. The molecular formula is C16H29N3O. The minimum atomic E-state index is 0.590. The number of nitrogens with zero attached hydrogens (tertiary/aromatic N) is 2. The SMILES string of the molecule is CCC1CCCCCN1c1nc(CNCC(C)C)co1. The second kappa shape index (κ2) is 7.67. The van der Waals surface area contributed by atoms with Crippen LogP contribution in [-0.4, -0.2) is 24.1 Å². The van der Waals surface area contributed by atoms with Crippen molar-refractivity contribution in [3.63, 3.8) is 0 Å². The topological polar surface area (TPSA) is 41.3 Å². The lowest BCUT2D eigenvalue weighted by molar-refractivity contribution is 0.478. The van der Waals surface area contributed by atoms with Crippen LogP contribution < -0.4 is 10.2 Å². The van der Waals surface area contributed by atoms with E-state index in [1.54, 1.807) is 6.26 Å². The number of nitrogens with one attached hydrogen (secondary N) is 1. The average molecular weight is 279 g/mol. The summed E-state index contributed by atoms with van der Waals surface area (Å²) >= 11 is 0. The van der Waals surface area contributed by atoms with E-state index in [0.29, 0.717) is 12.0 Å². The maximum Gasteiger partial charge on any atom is 0.297 e. The fourth-order valence-corrected chi connectivity index (χ4v) is 2.85. The lowest BCUT2D eigenvalue weighted by Crippen LogP contribution is -2.34. The van der Waals surface area contributed by atoms with Gasteiger partial charge in [0.15, 0.2) is 0 Å². The Morgan fingerprint density at radius 1 is 1.40 bits per heavy atom. The van der Waals surface area contributed by atoms with Crippen LogP contribution in [0.15, 0.2) is 10.7 Å². The Morgan fingerprint density at radius 3 is 3.00 bits per heavy atom. The zero-order chi connectivity index (χ0) is 14.4. The number of aromatic nitrogens is 1. The number of rotatable bonds is 6. The van der Waals surface area contributed by atoms with Gasteiger partial charge in [-0.3, -0.25) is 0 Å². The highest BCUT2D eigenvalue weighted by Crippen LogP contribution is 2.25. The lowest BCUT2D eigenvalue weighted by Gasteiger charge is -2.27. The molecule has 0 bridgehead atoms. The first kappa shape index (κ1) is 15.4. The molecule has 0 aliphatic carbocycles. The zero-order valence-corrected chi connectivity index (χ0v) is 13.2. The molecule has 1 atom stereocenters. The van der Waals surface area contributed by atoms with E-state index in [1.165, 1.54) is 32.1 Å². The fourth-order valence-electron chi connectivity index (χ4n) is 2.85. The summed E-state index contributed by atoms with van der Waals surface area (Å²) in [6.45, 7) is 9.58. The summed E-state index contributed by atoms with van der Waals surface area (Å²) in [4.78, 5) is 7.04. The third kappa shape index (κ3) is 4.23. The molecule has 1 saturated heterocycles.